The Balaban J connectivity index is 1.93. The van der Waals surface area contributed by atoms with E-state index in [9.17, 15) is 0 Å². The number of hydrogen-bond donors (Lipinski definition) is 1. The van der Waals surface area contributed by atoms with Crippen LogP contribution in [0.2, 0.25) is 0 Å². The number of halogens is 1. The minimum Gasteiger partial charge on any atom is -0.398 e. The molecule has 0 unspecified atom stereocenters. The predicted molar refractivity (Wildman–Crippen MR) is 83.6 cm³/mol. The quantitative estimate of drug-likeness (QED) is 0.849. The first-order chi connectivity index (χ1) is 10.1. The molecule has 2 N–H and O–H groups in total. The smallest absolute Gasteiger partial charge is 0.258 e. The van der Waals surface area contributed by atoms with Crippen molar-refractivity contribution in [3.05, 3.63) is 28.5 Å². The van der Waals surface area contributed by atoms with E-state index in [2.05, 4.69) is 26.1 Å². The van der Waals surface area contributed by atoms with Crippen molar-refractivity contribution < 1.29 is 9.26 Å². The minimum absolute atomic E-state index is 0.402. The fraction of sp³-hybridized carbons (Fsp3) is 0.467. The minimum atomic E-state index is -0.402. The third kappa shape index (κ3) is 2.70. The highest BCUT2D eigenvalue weighted by Crippen LogP contribution is 2.39. The van der Waals surface area contributed by atoms with E-state index in [0.717, 1.165) is 35.7 Å². The van der Waals surface area contributed by atoms with Gasteiger partial charge in [0.1, 0.15) is 5.60 Å². The molecule has 21 heavy (non-hydrogen) atoms. The SMILES string of the molecule is COC1(c2noc(-c3ccc(Br)c(N)c3)n2)CCCCC1. The van der Waals surface area contributed by atoms with Gasteiger partial charge in [-0.25, -0.2) is 0 Å². The number of nitrogens with zero attached hydrogens (tertiary/aromatic N) is 2. The maximum absolute atomic E-state index is 5.90. The van der Waals surface area contributed by atoms with Crippen molar-refractivity contribution in [3.63, 3.8) is 0 Å². The fourth-order valence-corrected chi connectivity index (χ4v) is 3.09. The average molecular weight is 352 g/mol. The lowest BCUT2D eigenvalue weighted by Crippen LogP contribution is -2.32. The number of aromatic nitrogens is 2. The van der Waals surface area contributed by atoms with Crippen molar-refractivity contribution in [2.24, 2.45) is 0 Å². The molecule has 1 aliphatic carbocycles. The fourth-order valence-electron chi connectivity index (χ4n) is 2.84. The summed E-state index contributed by atoms with van der Waals surface area (Å²) in [4.78, 5) is 4.54. The average Bonchev–Trinajstić information content (AvgIpc) is 3.01. The molecule has 0 amide bonds. The first-order valence-electron chi connectivity index (χ1n) is 7.09. The zero-order valence-corrected chi connectivity index (χ0v) is 13.5. The van der Waals surface area contributed by atoms with Gasteiger partial charge < -0.3 is 15.0 Å². The summed E-state index contributed by atoms with van der Waals surface area (Å²) >= 11 is 3.38. The molecule has 1 aromatic heterocycles. The topological polar surface area (TPSA) is 74.2 Å². The molecule has 0 spiro atoms. The Labute approximate surface area is 132 Å². The molecule has 0 atom stereocenters. The van der Waals surface area contributed by atoms with Crippen LogP contribution in [0.15, 0.2) is 27.2 Å². The molecule has 3 rings (SSSR count). The van der Waals surface area contributed by atoms with Crippen LogP contribution in [0.4, 0.5) is 5.69 Å². The monoisotopic (exact) mass is 351 g/mol. The van der Waals surface area contributed by atoms with E-state index in [1.165, 1.54) is 6.42 Å². The van der Waals surface area contributed by atoms with Gasteiger partial charge in [0, 0.05) is 22.8 Å². The number of nitrogen functional groups attached to an aromatic ring is 1. The molecule has 1 fully saturated rings. The predicted octanol–water partition coefficient (Wildman–Crippen LogP) is 3.89. The number of nitrogens with two attached hydrogens (primary N) is 1. The van der Waals surface area contributed by atoms with Gasteiger partial charge in [-0.05, 0) is 47.0 Å². The Morgan fingerprint density at radius 3 is 2.71 bits per heavy atom. The Hall–Kier alpha value is -1.40. The van der Waals surface area contributed by atoms with Crippen molar-refractivity contribution in [1.29, 1.82) is 0 Å². The molecule has 5 nitrogen and oxygen atoms in total. The second-order valence-electron chi connectivity index (χ2n) is 5.42. The summed E-state index contributed by atoms with van der Waals surface area (Å²) < 4.78 is 12.0. The van der Waals surface area contributed by atoms with E-state index in [4.69, 9.17) is 15.0 Å². The molecule has 112 valence electrons. The molecule has 0 aliphatic heterocycles. The summed E-state index contributed by atoms with van der Waals surface area (Å²) in [7, 11) is 1.72. The van der Waals surface area contributed by atoms with Crippen LogP contribution >= 0.6 is 15.9 Å². The maximum Gasteiger partial charge on any atom is 0.258 e. The first-order valence-corrected chi connectivity index (χ1v) is 7.89. The van der Waals surface area contributed by atoms with Crippen LogP contribution in [0, 0.1) is 0 Å². The highest BCUT2D eigenvalue weighted by Gasteiger charge is 2.38. The van der Waals surface area contributed by atoms with E-state index in [1.807, 2.05) is 18.2 Å². The summed E-state index contributed by atoms with van der Waals surface area (Å²) in [6.07, 6.45) is 5.36. The zero-order valence-electron chi connectivity index (χ0n) is 11.9. The van der Waals surface area contributed by atoms with Crippen LogP contribution in [-0.4, -0.2) is 17.3 Å². The largest absolute Gasteiger partial charge is 0.398 e. The van der Waals surface area contributed by atoms with E-state index in [1.54, 1.807) is 7.11 Å². The van der Waals surface area contributed by atoms with Crippen LogP contribution < -0.4 is 5.73 Å². The van der Waals surface area contributed by atoms with Crippen LogP contribution in [0.5, 0.6) is 0 Å². The zero-order chi connectivity index (χ0) is 14.9. The summed E-state index contributed by atoms with van der Waals surface area (Å²) in [5.74, 6) is 1.12. The molecule has 1 heterocycles. The Bertz CT molecular complexity index is 636. The highest BCUT2D eigenvalue weighted by atomic mass is 79.9. The molecule has 2 aromatic rings. The van der Waals surface area contributed by atoms with Crippen LogP contribution in [-0.2, 0) is 10.3 Å². The number of methoxy groups -OCH3 is 1. The molecule has 1 saturated carbocycles. The van der Waals surface area contributed by atoms with Crippen molar-refractivity contribution in [1.82, 2.24) is 10.1 Å². The van der Waals surface area contributed by atoms with Crippen LogP contribution in [0.25, 0.3) is 11.5 Å². The molecular weight excluding hydrogens is 334 g/mol. The number of anilines is 1. The molecule has 0 radical (unpaired) electrons. The van der Waals surface area contributed by atoms with E-state index in [0.29, 0.717) is 17.4 Å². The van der Waals surface area contributed by atoms with Gasteiger partial charge in [0.05, 0.1) is 0 Å². The molecular formula is C15H18BrN3O2. The number of benzene rings is 1. The second-order valence-corrected chi connectivity index (χ2v) is 6.27. The van der Waals surface area contributed by atoms with E-state index >= 15 is 0 Å². The molecule has 6 heteroatoms. The molecule has 1 aromatic carbocycles. The normalized spacial score (nSPS) is 17.8. The highest BCUT2D eigenvalue weighted by molar-refractivity contribution is 9.10. The summed E-state index contributed by atoms with van der Waals surface area (Å²) in [5.41, 5.74) is 6.96. The number of ether oxygens (including phenoxy) is 1. The van der Waals surface area contributed by atoms with Gasteiger partial charge in [0.25, 0.3) is 5.89 Å². The summed E-state index contributed by atoms with van der Waals surface area (Å²) in [5, 5.41) is 4.15. The Morgan fingerprint density at radius 2 is 2.05 bits per heavy atom. The standard InChI is InChI=1S/C15H18BrN3O2/c1-20-15(7-3-2-4-8-15)14-18-13(21-19-14)10-5-6-11(16)12(17)9-10/h5-6,9H,2-4,7-8,17H2,1H3. The maximum atomic E-state index is 5.90. The third-order valence-electron chi connectivity index (χ3n) is 4.13. The molecule has 0 bridgehead atoms. The van der Waals surface area contributed by atoms with Crippen LogP contribution in [0.1, 0.15) is 37.9 Å². The Kier molecular flexibility index (Phi) is 3.99. The lowest BCUT2D eigenvalue weighted by molar-refractivity contribution is -0.0527. The van der Waals surface area contributed by atoms with Gasteiger partial charge >= 0.3 is 0 Å². The van der Waals surface area contributed by atoms with Gasteiger partial charge in [-0.1, -0.05) is 24.4 Å². The second kappa shape index (κ2) is 5.77. The molecule has 1 aliphatic rings. The van der Waals surface area contributed by atoms with Crippen molar-refractivity contribution in [3.8, 4) is 11.5 Å². The van der Waals surface area contributed by atoms with Gasteiger partial charge in [0.2, 0.25) is 5.82 Å². The van der Waals surface area contributed by atoms with Crippen LogP contribution in [0.3, 0.4) is 0 Å². The summed E-state index contributed by atoms with van der Waals surface area (Å²) in [6, 6.07) is 5.60. The number of rotatable bonds is 3. The molecule has 0 saturated heterocycles. The van der Waals surface area contributed by atoms with Gasteiger partial charge in [-0.15, -0.1) is 0 Å². The van der Waals surface area contributed by atoms with Crippen molar-refractivity contribution >= 4 is 21.6 Å². The van der Waals surface area contributed by atoms with E-state index < -0.39 is 5.60 Å². The van der Waals surface area contributed by atoms with Gasteiger partial charge in [-0.2, -0.15) is 4.98 Å². The third-order valence-corrected chi connectivity index (χ3v) is 4.85. The first kappa shape index (κ1) is 14.5. The van der Waals surface area contributed by atoms with Crippen molar-refractivity contribution in [2.75, 3.05) is 12.8 Å². The van der Waals surface area contributed by atoms with Gasteiger partial charge in [-0.3, -0.25) is 0 Å². The summed E-state index contributed by atoms with van der Waals surface area (Å²) in [6.45, 7) is 0. The van der Waals surface area contributed by atoms with Gasteiger partial charge in [0.15, 0.2) is 0 Å². The van der Waals surface area contributed by atoms with Crippen molar-refractivity contribution in [2.45, 2.75) is 37.7 Å². The number of hydrogen-bond acceptors (Lipinski definition) is 5. The van der Waals surface area contributed by atoms with E-state index in [-0.39, 0.29) is 0 Å². The lowest BCUT2D eigenvalue weighted by Gasteiger charge is -2.32. The lowest BCUT2D eigenvalue weighted by atomic mass is 9.84. The Morgan fingerprint density at radius 1 is 1.29 bits per heavy atom.